The first-order valence-electron chi connectivity index (χ1n) is 13.8. The highest BCUT2D eigenvalue weighted by molar-refractivity contribution is 7.13. The number of esters is 1. The smallest absolute Gasteiger partial charge is 0.311 e. The third-order valence-electron chi connectivity index (χ3n) is 9.24. The summed E-state index contributed by atoms with van der Waals surface area (Å²) in [5.74, 6) is -2.46. The van der Waals surface area contributed by atoms with Gasteiger partial charge < -0.3 is 26.0 Å². The predicted molar refractivity (Wildman–Crippen MR) is 149 cm³/mol. The summed E-state index contributed by atoms with van der Waals surface area (Å²) in [5.41, 5.74) is 4.16. The molecule has 220 valence electrons. The van der Waals surface area contributed by atoms with Gasteiger partial charge in [-0.05, 0) is 29.1 Å². The van der Waals surface area contributed by atoms with E-state index in [9.17, 15) is 24.0 Å². The maximum Gasteiger partial charge on any atom is 0.311 e. The number of methoxy groups -OCH3 is 1. The number of nitrogens with one attached hydrogen (secondary N) is 2. The second kappa shape index (κ2) is 10.8. The van der Waals surface area contributed by atoms with Crippen LogP contribution in [0.1, 0.15) is 66.0 Å². The lowest BCUT2D eigenvalue weighted by molar-refractivity contribution is -0.140. The molecule has 3 amide bonds. The molecule has 0 bridgehead atoms. The van der Waals surface area contributed by atoms with Gasteiger partial charge in [0.1, 0.15) is 6.04 Å². The number of fused-ring (bicyclic) bond motifs is 1. The van der Waals surface area contributed by atoms with Crippen LogP contribution in [0.5, 0.6) is 0 Å². The monoisotopic (exact) mass is 575 g/mol. The molecule has 0 spiro atoms. The third kappa shape index (κ3) is 5.46. The van der Waals surface area contributed by atoms with Crippen LogP contribution in [0.15, 0.2) is 5.38 Å². The van der Waals surface area contributed by atoms with Crippen LogP contribution in [0.2, 0.25) is 0 Å². The van der Waals surface area contributed by atoms with Crippen molar-refractivity contribution < 1.29 is 28.7 Å². The minimum absolute atomic E-state index is 0.0450. The van der Waals surface area contributed by atoms with Crippen molar-refractivity contribution in [2.45, 2.75) is 78.8 Å². The molecule has 12 heteroatoms. The lowest BCUT2D eigenvalue weighted by atomic mass is 9.80. The molecule has 40 heavy (non-hydrogen) atoms. The number of aromatic nitrogens is 1. The van der Waals surface area contributed by atoms with Crippen LogP contribution in [0.25, 0.3) is 0 Å². The largest absolute Gasteiger partial charge is 0.469 e. The number of carbonyl (C=O) groups excluding carboxylic acids is 5. The van der Waals surface area contributed by atoms with Crippen molar-refractivity contribution in [3.63, 3.8) is 0 Å². The van der Waals surface area contributed by atoms with E-state index in [4.69, 9.17) is 10.5 Å². The second-order valence-electron chi connectivity index (χ2n) is 13.1. The second-order valence-corrected chi connectivity index (χ2v) is 13.9. The summed E-state index contributed by atoms with van der Waals surface area (Å²) >= 11 is 1.31. The van der Waals surface area contributed by atoms with Gasteiger partial charge in [-0.3, -0.25) is 24.0 Å². The molecule has 1 aromatic rings. The van der Waals surface area contributed by atoms with E-state index in [2.05, 4.69) is 15.6 Å². The maximum absolute atomic E-state index is 13.9. The Bertz CT molecular complexity index is 1200. The van der Waals surface area contributed by atoms with Crippen molar-refractivity contribution >= 4 is 45.9 Å². The molecule has 1 aliphatic heterocycles. The molecule has 2 heterocycles. The number of rotatable bonds is 11. The van der Waals surface area contributed by atoms with Gasteiger partial charge in [-0.15, -0.1) is 11.3 Å². The van der Waals surface area contributed by atoms with Crippen LogP contribution in [0.3, 0.4) is 0 Å². The highest BCUT2D eigenvalue weighted by atomic mass is 32.1. The molecule has 4 atom stereocenters. The number of carbonyl (C=O) groups is 5. The number of hydrogen-bond acceptors (Lipinski definition) is 9. The molecule has 3 aliphatic rings. The average molecular weight is 576 g/mol. The maximum atomic E-state index is 13.9. The number of hydrogen-bond donors (Lipinski definition) is 3. The fourth-order valence-corrected chi connectivity index (χ4v) is 7.06. The van der Waals surface area contributed by atoms with Crippen molar-refractivity contribution in [3.8, 4) is 0 Å². The van der Waals surface area contributed by atoms with Gasteiger partial charge >= 0.3 is 5.97 Å². The summed E-state index contributed by atoms with van der Waals surface area (Å²) in [7, 11) is 1.32. The Labute approximate surface area is 239 Å². The number of amides is 3. The molecule has 1 aromatic heterocycles. The minimum atomic E-state index is -1.05. The number of ether oxygens (including phenoxy) is 1. The molecule has 4 N–H and O–H groups in total. The Morgan fingerprint density at radius 1 is 1.23 bits per heavy atom. The van der Waals surface area contributed by atoms with Gasteiger partial charge in [0.15, 0.2) is 5.13 Å². The molecule has 11 nitrogen and oxygen atoms in total. The van der Waals surface area contributed by atoms with E-state index in [0.717, 1.165) is 19.3 Å². The predicted octanol–water partition coefficient (Wildman–Crippen LogP) is 1.90. The first kappa shape index (κ1) is 30.0. The molecule has 1 saturated heterocycles. The van der Waals surface area contributed by atoms with Crippen molar-refractivity contribution in [3.05, 3.63) is 11.1 Å². The van der Waals surface area contributed by atoms with Gasteiger partial charge in [-0.25, -0.2) is 4.98 Å². The number of anilines is 1. The Kier molecular flexibility index (Phi) is 8.05. The number of nitrogens with two attached hydrogens (primary N) is 1. The summed E-state index contributed by atoms with van der Waals surface area (Å²) < 4.78 is 4.71. The molecular weight excluding hydrogens is 534 g/mol. The number of Topliss-reactive ketones (excluding diaryl/α,β-unsaturated/α-hetero) is 1. The van der Waals surface area contributed by atoms with Crippen molar-refractivity contribution in [1.29, 1.82) is 0 Å². The topological polar surface area (TPSA) is 161 Å². The summed E-state index contributed by atoms with van der Waals surface area (Å²) in [5, 5.41) is 8.41. The Balaban J connectivity index is 1.49. The molecule has 2 saturated carbocycles. The summed E-state index contributed by atoms with van der Waals surface area (Å²) in [6, 6.07) is -1.58. The van der Waals surface area contributed by atoms with Crippen LogP contribution in [0, 0.1) is 28.1 Å². The van der Waals surface area contributed by atoms with Crippen LogP contribution in [-0.4, -0.2) is 71.6 Å². The first-order valence-corrected chi connectivity index (χ1v) is 14.7. The molecule has 3 fully saturated rings. The Morgan fingerprint density at radius 2 is 1.90 bits per heavy atom. The van der Waals surface area contributed by atoms with Gasteiger partial charge in [-0.1, -0.05) is 53.9 Å². The Morgan fingerprint density at radius 3 is 2.45 bits per heavy atom. The van der Waals surface area contributed by atoms with E-state index in [1.807, 2.05) is 34.6 Å². The van der Waals surface area contributed by atoms with Crippen LogP contribution < -0.4 is 16.4 Å². The van der Waals surface area contributed by atoms with Crippen molar-refractivity contribution in [2.24, 2.45) is 33.8 Å². The zero-order valence-corrected chi connectivity index (χ0v) is 25.0. The van der Waals surface area contributed by atoms with Crippen molar-refractivity contribution in [2.75, 3.05) is 25.5 Å². The number of ketones is 1. The fraction of sp³-hybridized carbons (Fsp3) is 0.714. The number of thiazole rings is 1. The molecule has 2 aliphatic carbocycles. The van der Waals surface area contributed by atoms with Crippen molar-refractivity contribution in [1.82, 2.24) is 15.2 Å². The number of piperidine rings is 1. The Hall–Kier alpha value is -3.02. The number of nitrogens with zero attached hydrogens (tertiary/aromatic N) is 2. The number of likely N-dealkylation sites (tertiary alicyclic amines) is 1. The minimum Gasteiger partial charge on any atom is -0.469 e. The highest BCUT2D eigenvalue weighted by Crippen LogP contribution is 2.72. The van der Waals surface area contributed by atoms with Gasteiger partial charge in [0.05, 0.1) is 30.7 Å². The first-order chi connectivity index (χ1) is 18.6. The van der Waals surface area contributed by atoms with Crippen LogP contribution >= 0.6 is 11.3 Å². The normalized spacial score (nSPS) is 24.8. The van der Waals surface area contributed by atoms with Gasteiger partial charge in [0.2, 0.25) is 17.6 Å². The molecular formula is C28H41N5O6S. The van der Waals surface area contributed by atoms with E-state index < -0.39 is 40.6 Å². The zero-order valence-electron chi connectivity index (χ0n) is 24.2. The van der Waals surface area contributed by atoms with E-state index >= 15 is 0 Å². The van der Waals surface area contributed by atoms with Crippen LogP contribution in [-0.2, 0) is 35.1 Å². The quantitative estimate of drug-likeness (QED) is 0.266. The molecule has 0 aromatic carbocycles. The average Bonchev–Trinajstić information content (AvgIpc) is 3.26. The van der Waals surface area contributed by atoms with Gasteiger partial charge in [0.25, 0.3) is 5.91 Å². The lowest BCUT2D eigenvalue weighted by Crippen LogP contribution is -2.53. The summed E-state index contributed by atoms with van der Waals surface area (Å²) in [4.78, 5) is 69.8. The van der Waals surface area contributed by atoms with Gasteiger partial charge in [0, 0.05) is 18.5 Å². The molecule has 1 unspecified atom stereocenters. The van der Waals surface area contributed by atoms with Crippen LogP contribution in [0.4, 0.5) is 5.13 Å². The zero-order chi connectivity index (χ0) is 29.6. The third-order valence-corrected chi connectivity index (χ3v) is 10.1. The fourth-order valence-electron chi connectivity index (χ4n) is 6.32. The number of primary amides is 1. The molecule has 4 rings (SSSR count). The summed E-state index contributed by atoms with van der Waals surface area (Å²) in [6.45, 7) is 10.5. The van der Waals surface area contributed by atoms with E-state index in [-0.39, 0.29) is 42.0 Å². The lowest BCUT2D eigenvalue weighted by Gasteiger charge is -2.35. The molecule has 0 radical (unpaired) electrons. The highest BCUT2D eigenvalue weighted by Gasteiger charge is 2.79. The van der Waals surface area contributed by atoms with E-state index in [0.29, 0.717) is 23.8 Å². The summed E-state index contributed by atoms with van der Waals surface area (Å²) in [6.07, 6.45) is 3.44. The van der Waals surface area contributed by atoms with E-state index in [1.165, 1.54) is 18.4 Å². The van der Waals surface area contributed by atoms with Gasteiger partial charge in [-0.2, -0.15) is 0 Å². The standard InChI is InChI=1S/C28H41N5O6S/c1-26(2,3)21(32-25-30-16(13-40-25)11-19(34)39-6)23(37)33-12-18-27(4,5)28(18,14-33)24(38)31-17(20(35)22(29)36)10-15-8-7-9-15/h13,15,17-18,21H,7-12,14H2,1-6H3,(H2,29,36)(H,30,32)(H,31,38)/t17?,18-,21-,28+/m0/s1. The van der Waals surface area contributed by atoms with E-state index in [1.54, 1.807) is 10.3 Å². The SMILES string of the molecule is COC(=O)Cc1csc(N[C@@H](C(=O)N2C[C@H]3C(C)(C)[C@]3(C(=O)NC(CC3CCC3)C(=O)C(N)=O)C2)C(C)(C)C)n1.